The fourth-order valence-corrected chi connectivity index (χ4v) is 8.65. The van der Waals surface area contributed by atoms with E-state index in [2.05, 4.69) is 39.9 Å². The molecule has 0 amide bonds. The van der Waals surface area contributed by atoms with Crippen molar-refractivity contribution in [2.24, 2.45) is 17.3 Å². The highest BCUT2D eigenvalue weighted by atomic mass is 19.1. The molecule has 4 unspecified atom stereocenters. The molecule has 4 fully saturated rings. The summed E-state index contributed by atoms with van der Waals surface area (Å²) in [7, 11) is 1.78. The lowest BCUT2D eigenvalue weighted by atomic mass is 9.89. The van der Waals surface area contributed by atoms with Crippen LogP contribution in [-0.4, -0.2) is 89.6 Å². The summed E-state index contributed by atoms with van der Waals surface area (Å²) in [5, 5.41) is 15.7. The maximum absolute atomic E-state index is 17.0. The average molecular weight is 697 g/mol. The molecular weight excluding hydrogens is 650 g/mol. The Hall–Kier alpha value is -4.11. The van der Waals surface area contributed by atoms with Gasteiger partial charge in [-0.3, -0.25) is 4.98 Å². The lowest BCUT2D eigenvalue weighted by Gasteiger charge is -2.39. The largest absolute Gasteiger partial charge is 0.508 e. The number of terminal acetylenes is 1. The molecule has 4 aliphatic rings. The van der Waals surface area contributed by atoms with Gasteiger partial charge in [0.25, 0.3) is 0 Å². The minimum atomic E-state index is -0.711. The van der Waals surface area contributed by atoms with Crippen molar-refractivity contribution >= 4 is 27.5 Å². The molecule has 2 aromatic carbocycles. The Morgan fingerprint density at radius 3 is 2.45 bits per heavy atom. The van der Waals surface area contributed by atoms with Gasteiger partial charge in [0.05, 0.1) is 23.7 Å². The molecule has 2 aromatic heterocycles. The van der Waals surface area contributed by atoms with E-state index in [-0.39, 0.29) is 51.6 Å². The molecule has 2 N–H and O–H groups in total. The van der Waals surface area contributed by atoms with E-state index in [1.165, 1.54) is 24.3 Å². The summed E-state index contributed by atoms with van der Waals surface area (Å²) in [5.74, 6) is 2.73. The Labute approximate surface area is 297 Å². The molecule has 1 aliphatic carbocycles. The van der Waals surface area contributed by atoms with Gasteiger partial charge in [-0.05, 0) is 73.9 Å². The lowest BCUT2D eigenvalue weighted by molar-refractivity contribution is 0.0313. The number of fused-ring (bicyclic) bond motifs is 4. The van der Waals surface area contributed by atoms with E-state index in [1.54, 1.807) is 13.3 Å². The van der Waals surface area contributed by atoms with Crippen molar-refractivity contribution in [2.75, 3.05) is 51.3 Å². The number of ether oxygens (including phenoxy) is 2. The van der Waals surface area contributed by atoms with Gasteiger partial charge < -0.3 is 29.7 Å². The predicted octanol–water partition coefficient (Wildman–Crippen LogP) is 6.29. The number of nitrogens with one attached hydrogen (secondary N) is 1. The number of aromatic nitrogens is 3. The molecule has 8 rings (SSSR count). The minimum absolute atomic E-state index is 0.00673. The Morgan fingerprint density at radius 1 is 1.06 bits per heavy atom. The van der Waals surface area contributed by atoms with Crippen molar-refractivity contribution in [3.05, 3.63) is 47.7 Å². The Balaban J connectivity index is 1.19. The van der Waals surface area contributed by atoms with E-state index in [4.69, 9.17) is 25.9 Å². The number of halogens is 2. The van der Waals surface area contributed by atoms with Crippen molar-refractivity contribution in [1.82, 2.24) is 25.2 Å². The highest BCUT2D eigenvalue weighted by molar-refractivity contribution is 6.03. The summed E-state index contributed by atoms with van der Waals surface area (Å²) in [5.41, 5.74) is 0.141. The molecule has 3 saturated heterocycles. The molecule has 9 nitrogen and oxygen atoms in total. The summed E-state index contributed by atoms with van der Waals surface area (Å²) in [6, 6.07) is 6.26. The van der Waals surface area contributed by atoms with E-state index in [0.717, 1.165) is 58.2 Å². The highest BCUT2D eigenvalue weighted by Crippen LogP contribution is 2.47. The van der Waals surface area contributed by atoms with E-state index < -0.39 is 11.6 Å². The van der Waals surface area contributed by atoms with Crippen LogP contribution in [-0.2, 0) is 4.74 Å². The van der Waals surface area contributed by atoms with Crippen LogP contribution in [0.4, 0.5) is 14.6 Å². The number of piperazine rings is 1. The third-order valence-electron chi connectivity index (χ3n) is 11.9. The van der Waals surface area contributed by atoms with Gasteiger partial charge in [0.1, 0.15) is 28.6 Å². The maximum atomic E-state index is 17.0. The minimum Gasteiger partial charge on any atom is -0.508 e. The molecular formula is C40H46F2N6O3. The smallest absolute Gasteiger partial charge is 0.319 e. The van der Waals surface area contributed by atoms with E-state index >= 15 is 4.39 Å². The van der Waals surface area contributed by atoms with Gasteiger partial charge in [0.15, 0.2) is 5.82 Å². The average Bonchev–Trinajstić information content (AvgIpc) is 3.90. The number of pyridine rings is 1. The fourth-order valence-electron chi connectivity index (χ4n) is 8.65. The first-order valence-electron chi connectivity index (χ1n) is 18.3. The number of aromatic hydroxyl groups is 1. The first kappa shape index (κ1) is 34.0. The van der Waals surface area contributed by atoms with Gasteiger partial charge in [0, 0.05) is 74.5 Å². The molecule has 1 saturated carbocycles. The molecule has 5 heterocycles. The number of benzene rings is 2. The summed E-state index contributed by atoms with van der Waals surface area (Å²) >= 11 is 0. The number of hydrogen-bond donors (Lipinski definition) is 2. The van der Waals surface area contributed by atoms with Crippen molar-refractivity contribution in [2.45, 2.75) is 70.6 Å². The second-order valence-corrected chi connectivity index (χ2v) is 15.6. The van der Waals surface area contributed by atoms with Crippen molar-refractivity contribution in [3.63, 3.8) is 0 Å². The summed E-state index contributed by atoms with van der Waals surface area (Å²) in [4.78, 5) is 19.0. The predicted molar refractivity (Wildman–Crippen MR) is 194 cm³/mol. The van der Waals surface area contributed by atoms with Crippen LogP contribution < -0.4 is 15.0 Å². The Morgan fingerprint density at radius 2 is 1.78 bits per heavy atom. The molecule has 3 aliphatic heterocycles. The van der Waals surface area contributed by atoms with Crippen LogP contribution in [0, 0.1) is 41.2 Å². The van der Waals surface area contributed by atoms with Crippen LogP contribution >= 0.6 is 0 Å². The lowest BCUT2D eigenvalue weighted by Crippen LogP contribution is -2.56. The Kier molecular flexibility index (Phi) is 8.97. The van der Waals surface area contributed by atoms with Crippen molar-refractivity contribution in [3.8, 4) is 35.4 Å². The number of likely N-dealkylation sites (tertiary alicyclic amines) is 1. The molecule has 2 bridgehead atoms. The normalized spacial score (nSPS) is 25.1. The number of piperidine rings is 1. The zero-order chi connectivity index (χ0) is 35.4. The summed E-state index contributed by atoms with van der Waals surface area (Å²) in [6.07, 6.45) is 13.9. The Bertz CT molecular complexity index is 1990. The number of phenolic OH excluding ortho intramolecular Hbond substituents is 1. The monoisotopic (exact) mass is 696 g/mol. The summed E-state index contributed by atoms with van der Waals surface area (Å²) in [6.45, 7) is 9.43. The third-order valence-corrected chi connectivity index (χ3v) is 11.9. The maximum Gasteiger partial charge on any atom is 0.319 e. The standard InChI is InChI=1S/C40H46F2N6O3/c1-5-30-33(41)7-6-25-16-28(49)17-31(34(25)30)36-35(42)37-32(18-43-36)38(48-19-26-14-23(2)24(3)15-27(20-48)44-26)46-39(45-37)51-22-40(10-11-40)21-47-12-8-29(50-4)9-13-47/h1,6-7,16-18,23-24,26-27,29,44,49H,8-15,19-22H2,2-4H3. The highest BCUT2D eigenvalue weighted by Gasteiger charge is 2.45. The van der Waals surface area contributed by atoms with Gasteiger partial charge in [-0.2, -0.15) is 9.97 Å². The van der Waals surface area contributed by atoms with Gasteiger partial charge in [0.2, 0.25) is 0 Å². The van der Waals surface area contributed by atoms with Crippen LogP contribution in [0.15, 0.2) is 30.5 Å². The summed E-state index contributed by atoms with van der Waals surface area (Å²) < 4.78 is 44.0. The second kappa shape index (κ2) is 13.5. The van der Waals surface area contributed by atoms with Crippen LogP contribution in [0.3, 0.4) is 0 Å². The van der Waals surface area contributed by atoms with Crippen LogP contribution in [0.2, 0.25) is 0 Å². The first-order chi connectivity index (χ1) is 24.6. The van der Waals surface area contributed by atoms with Crippen LogP contribution in [0.25, 0.3) is 32.9 Å². The van der Waals surface area contributed by atoms with E-state index in [9.17, 15) is 9.50 Å². The van der Waals surface area contributed by atoms with Gasteiger partial charge in [-0.25, -0.2) is 8.78 Å². The second-order valence-electron chi connectivity index (χ2n) is 15.6. The molecule has 268 valence electrons. The molecule has 11 heteroatoms. The quantitative estimate of drug-likeness (QED) is 0.206. The number of methoxy groups -OCH3 is 1. The van der Waals surface area contributed by atoms with Crippen molar-refractivity contribution in [1.29, 1.82) is 0 Å². The number of anilines is 1. The van der Waals surface area contributed by atoms with E-state index in [0.29, 0.717) is 59.6 Å². The topological polar surface area (TPSA) is 95.9 Å². The SMILES string of the molecule is C#Cc1c(F)ccc2cc(O)cc(-c3ncc4c(N5CC6CC(C)C(C)CC(C5)N6)nc(OCC5(CN6CCC(OC)CC6)CC5)nc4c3F)c12. The van der Waals surface area contributed by atoms with E-state index in [1.807, 2.05) is 0 Å². The van der Waals surface area contributed by atoms with Crippen molar-refractivity contribution < 1.29 is 23.4 Å². The van der Waals surface area contributed by atoms with Crippen LogP contribution in [0.5, 0.6) is 11.8 Å². The molecule has 4 aromatic rings. The molecule has 0 spiro atoms. The van der Waals surface area contributed by atoms with Gasteiger partial charge in [-0.15, -0.1) is 6.42 Å². The number of nitrogens with zero attached hydrogens (tertiary/aromatic N) is 5. The number of rotatable bonds is 8. The number of phenols is 1. The van der Waals surface area contributed by atoms with Crippen LogP contribution in [0.1, 0.15) is 57.9 Å². The fraction of sp³-hybridized carbons (Fsp3) is 0.525. The first-order valence-corrected chi connectivity index (χ1v) is 18.3. The zero-order valence-electron chi connectivity index (χ0n) is 29.6. The number of hydrogen-bond acceptors (Lipinski definition) is 9. The van der Waals surface area contributed by atoms with Gasteiger partial charge >= 0.3 is 6.01 Å². The zero-order valence-corrected chi connectivity index (χ0v) is 29.6. The third kappa shape index (κ3) is 6.58. The van der Waals surface area contributed by atoms with Gasteiger partial charge in [-0.1, -0.05) is 25.8 Å². The molecule has 4 atom stereocenters. The molecule has 51 heavy (non-hydrogen) atoms. The molecule has 0 radical (unpaired) electrons.